The van der Waals surface area contributed by atoms with E-state index in [1.807, 2.05) is 14.0 Å². The lowest BCUT2D eigenvalue weighted by molar-refractivity contribution is 0.0952. The number of hydrogen-bond acceptors (Lipinski definition) is 4. The topological polar surface area (TPSA) is 83.4 Å². The van der Waals surface area contributed by atoms with Crippen LogP contribution in [0.3, 0.4) is 0 Å². The second kappa shape index (κ2) is 8.97. The molecule has 1 heterocycles. The highest BCUT2D eigenvalue weighted by Gasteiger charge is 2.12. The van der Waals surface area contributed by atoms with Crippen LogP contribution in [0.5, 0.6) is 0 Å². The molecule has 6 nitrogen and oxygen atoms in total. The van der Waals surface area contributed by atoms with Gasteiger partial charge in [-0.05, 0) is 43.8 Å². The van der Waals surface area contributed by atoms with Gasteiger partial charge >= 0.3 is 0 Å². The quantitative estimate of drug-likeness (QED) is 0.706. The normalized spacial score (nSPS) is 9.83. The number of benzene rings is 1. The van der Waals surface area contributed by atoms with Crippen LogP contribution in [0.4, 0.5) is 5.69 Å². The van der Waals surface area contributed by atoms with E-state index in [0.717, 1.165) is 5.56 Å². The van der Waals surface area contributed by atoms with Gasteiger partial charge in [0.2, 0.25) is 0 Å². The van der Waals surface area contributed by atoms with Gasteiger partial charge in [-0.25, -0.2) is 0 Å². The zero-order chi connectivity index (χ0) is 15.9. The molecule has 0 unspecified atom stereocenters. The van der Waals surface area contributed by atoms with Crippen molar-refractivity contribution in [1.29, 1.82) is 0 Å². The molecule has 0 aliphatic rings. The molecule has 0 aliphatic heterocycles. The minimum absolute atomic E-state index is 0. The molecule has 1 aromatic heterocycles. The van der Waals surface area contributed by atoms with Crippen LogP contribution < -0.4 is 16.0 Å². The van der Waals surface area contributed by atoms with Crippen LogP contribution >= 0.6 is 12.4 Å². The number of halogens is 1. The molecule has 0 saturated carbocycles. The van der Waals surface area contributed by atoms with E-state index in [1.165, 1.54) is 6.26 Å². The minimum atomic E-state index is -0.346. The number of rotatable bonds is 6. The molecule has 1 aromatic carbocycles. The maximum absolute atomic E-state index is 12.0. The molecule has 0 spiro atoms. The van der Waals surface area contributed by atoms with Gasteiger partial charge in [0.15, 0.2) is 5.76 Å². The predicted molar refractivity (Wildman–Crippen MR) is 91.3 cm³/mol. The van der Waals surface area contributed by atoms with Crippen molar-refractivity contribution in [2.45, 2.75) is 6.92 Å². The summed E-state index contributed by atoms with van der Waals surface area (Å²) in [5, 5.41) is 8.50. The molecule has 0 atom stereocenters. The van der Waals surface area contributed by atoms with Gasteiger partial charge in [-0.15, -0.1) is 12.4 Å². The monoisotopic (exact) mass is 337 g/mol. The molecule has 0 bridgehead atoms. The first-order chi connectivity index (χ1) is 10.6. The Hall–Kier alpha value is -2.31. The first kappa shape index (κ1) is 18.7. The van der Waals surface area contributed by atoms with Crippen molar-refractivity contribution in [3.05, 3.63) is 53.5 Å². The van der Waals surface area contributed by atoms with Crippen molar-refractivity contribution in [1.82, 2.24) is 10.6 Å². The number of hydrogen-bond donors (Lipinski definition) is 3. The van der Waals surface area contributed by atoms with Gasteiger partial charge in [0.25, 0.3) is 11.8 Å². The van der Waals surface area contributed by atoms with Gasteiger partial charge in [-0.3, -0.25) is 9.59 Å². The fraction of sp³-hybridized carbons (Fsp3) is 0.250. The smallest absolute Gasteiger partial charge is 0.291 e. The van der Waals surface area contributed by atoms with Gasteiger partial charge in [0.1, 0.15) is 0 Å². The summed E-state index contributed by atoms with van der Waals surface area (Å²) < 4.78 is 5.05. The number of amides is 2. The number of nitrogens with one attached hydrogen (secondary N) is 3. The molecule has 124 valence electrons. The highest BCUT2D eigenvalue weighted by Crippen LogP contribution is 2.18. The third-order valence-corrected chi connectivity index (χ3v) is 3.15. The number of aryl methyl sites for hydroxylation is 1. The van der Waals surface area contributed by atoms with Gasteiger partial charge in [-0.2, -0.15) is 0 Å². The Bertz CT molecular complexity index is 657. The maximum atomic E-state index is 12.0. The van der Waals surface area contributed by atoms with Crippen LogP contribution in [0.1, 0.15) is 26.5 Å². The summed E-state index contributed by atoms with van der Waals surface area (Å²) in [7, 11) is 1.82. The highest BCUT2D eigenvalue weighted by molar-refractivity contribution is 6.03. The molecule has 0 fully saturated rings. The zero-order valence-corrected chi connectivity index (χ0v) is 13.8. The summed E-state index contributed by atoms with van der Waals surface area (Å²) in [6, 6.07) is 8.41. The fourth-order valence-electron chi connectivity index (χ4n) is 1.89. The molecular weight excluding hydrogens is 318 g/mol. The van der Waals surface area contributed by atoms with E-state index in [1.54, 1.807) is 30.3 Å². The second-order valence-electron chi connectivity index (χ2n) is 4.82. The van der Waals surface area contributed by atoms with Gasteiger partial charge in [-0.1, -0.05) is 6.07 Å². The van der Waals surface area contributed by atoms with Crippen molar-refractivity contribution in [2.24, 2.45) is 0 Å². The molecule has 0 radical (unpaired) electrons. The Balaban J connectivity index is 0.00000264. The van der Waals surface area contributed by atoms with Crippen LogP contribution in [-0.2, 0) is 0 Å². The van der Waals surface area contributed by atoms with Crippen molar-refractivity contribution in [2.75, 3.05) is 25.5 Å². The third kappa shape index (κ3) is 5.12. The maximum Gasteiger partial charge on any atom is 0.291 e. The summed E-state index contributed by atoms with van der Waals surface area (Å²) in [6.45, 7) is 3.09. The summed E-state index contributed by atoms with van der Waals surface area (Å²) in [5.41, 5.74) is 1.95. The molecule has 7 heteroatoms. The molecule has 0 aliphatic carbocycles. The Morgan fingerprint density at radius 1 is 1.13 bits per heavy atom. The molecule has 0 saturated heterocycles. The average Bonchev–Trinajstić information content (AvgIpc) is 3.04. The van der Waals surface area contributed by atoms with Crippen LogP contribution in [0, 0.1) is 6.92 Å². The molecule has 23 heavy (non-hydrogen) atoms. The first-order valence-electron chi connectivity index (χ1n) is 7.00. The van der Waals surface area contributed by atoms with Crippen LogP contribution in [-0.4, -0.2) is 32.0 Å². The summed E-state index contributed by atoms with van der Waals surface area (Å²) in [4.78, 5) is 24.0. The van der Waals surface area contributed by atoms with Crippen molar-refractivity contribution < 1.29 is 14.0 Å². The number of furan rings is 1. The van der Waals surface area contributed by atoms with E-state index < -0.39 is 0 Å². The molecular formula is C16H20ClN3O3. The van der Waals surface area contributed by atoms with E-state index in [0.29, 0.717) is 24.3 Å². The first-order valence-corrected chi connectivity index (χ1v) is 7.00. The lowest BCUT2D eigenvalue weighted by Gasteiger charge is -2.10. The van der Waals surface area contributed by atoms with Crippen LogP contribution in [0.25, 0.3) is 0 Å². The standard InChI is InChI=1S/C16H19N3O3.ClH/c1-11-5-6-12(15(20)18-8-7-17-2)10-13(11)19-16(21)14-4-3-9-22-14;/h3-6,9-10,17H,7-8H2,1-2H3,(H,18,20)(H,19,21);1H. The largest absolute Gasteiger partial charge is 0.459 e. The lowest BCUT2D eigenvalue weighted by atomic mass is 10.1. The van der Waals surface area contributed by atoms with Gasteiger partial charge < -0.3 is 20.4 Å². The summed E-state index contributed by atoms with van der Waals surface area (Å²) in [6.07, 6.45) is 1.44. The lowest BCUT2D eigenvalue weighted by Crippen LogP contribution is -2.30. The average molecular weight is 338 g/mol. The number of anilines is 1. The Kier molecular flexibility index (Phi) is 7.31. The third-order valence-electron chi connectivity index (χ3n) is 3.15. The Labute approximate surface area is 141 Å². The van der Waals surface area contributed by atoms with Crippen LogP contribution in [0.2, 0.25) is 0 Å². The second-order valence-corrected chi connectivity index (χ2v) is 4.82. The van der Waals surface area contributed by atoms with Gasteiger partial charge in [0.05, 0.1) is 6.26 Å². The molecule has 3 N–H and O–H groups in total. The van der Waals surface area contributed by atoms with E-state index in [-0.39, 0.29) is 30.0 Å². The number of carbonyl (C=O) groups is 2. The highest BCUT2D eigenvalue weighted by atomic mass is 35.5. The predicted octanol–water partition coefficient (Wildman–Crippen LogP) is 2.21. The van der Waals surface area contributed by atoms with Crippen molar-refractivity contribution in [3.8, 4) is 0 Å². The zero-order valence-electron chi connectivity index (χ0n) is 13.0. The van der Waals surface area contributed by atoms with Gasteiger partial charge in [0, 0.05) is 24.3 Å². The molecule has 2 amide bonds. The molecule has 2 rings (SSSR count). The Morgan fingerprint density at radius 3 is 2.57 bits per heavy atom. The van der Waals surface area contributed by atoms with E-state index in [2.05, 4.69) is 16.0 Å². The molecule has 2 aromatic rings. The Morgan fingerprint density at radius 2 is 1.91 bits per heavy atom. The van der Waals surface area contributed by atoms with E-state index in [9.17, 15) is 9.59 Å². The van der Waals surface area contributed by atoms with E-state index >= 15 is 0 Å². The van der Waals surface area contributed by atoms with Crippen molar-refractivity contribution in [3.63, 3.8) is 0 Å². The SMILES string of the molecule is CNCCNC(=O)c1ccc(C)c(NC(=O)c2ccco2)c1.Cl. The van der Waals surface area contributed by atoms with Crippen molar-refractivity contribution >= 4 is 29.9 Å². The number of carbonyl (C=O) groups excluding carboxylic acids is 2. The van der Waals surface area contributed by atoms with E-state index in [4.69, 9.17) is 4.42 Å². The fourth-order valence-corrected chi connectivity index (χ4v) is 1.89. The number of likely N-dealkylation sites (N-methyl/N-ethyl adjacent to an activating group) is 1. The minimum Gasteiger partial charge on any atom is -0.459 e. The summed E-state index contributed by atoms with van der Waals surface area (Å²) >= 11 is 0. The van der Waals surface area contributed by atoms with Crippen LogP contribution in [0.15, 0.2) is 41.0 Å². The summed E-state index contributed by atoms with van der Waals surface area (Å²) in [5.74, 6) is -0.298.